The molecule has 4 rings (SSSR count). The van der Waals surface area contributed by atoms with Gasteiger partial charge in [0.1, 0.15) is 5.82 Å². The molecule has 1 fully saturated rings. The lowest BCUT2D eigenvalue weighted by Crippen LogP contribution is -2.24. The largest absolute Gasteiger partial charge is 0.383 e. The van der Waals surface area contributed by atoms with Gasteiger partial charge in [-0.1, -0.05) is 18.2 Å². The molecule has 0 saturated carbocycles. The van der Waals surface area contributed by atoms with Crippen LogP contribution in [-0.4, -0.2) is 35.7 Å². The zero-order chi connectivity index (χ0) is 19.0. The number of para-hydroxylation sites is 2. The molecule has 2 aromatic carbocycles. The van der Waals surface area contributed by atoms with E-state index in [9.17, 15) is 4.79 Å². The average molecular weight is 363 g/mol. The van der Waals surface area contributed by atoms with E-state index in [0.717, 1.165) is 29.1 Å². The maximum absolute atomic E-state index is 12.8. The van der Waals surface area contributed by atoms with Crippen LogP contribution in [0.2, 0.25) is 0 Å². The van der Waals surface area contributed by atoms with Gasteiger partial charge < -0.3 is 14.2 Å². The minimum Gasteiger partial charge on any atom is -0.383 e. The third-order valence-corrected chi connectivity index (χ3v) is 5.21. The molecule has 1 aliphatic rings. The molecule has 2 heterocycles. The second kappa shape index (κ2) is 7.16. The third kappa shape index (κ3) is 3.35. The van der Waals surface area contributed by atoms with E-state index in [-0.39, 0.29) is 11.8 Å². The number of amides is 1. The van der Waals surface area contributed by atoms with Crippen molar-refractivity contribution in [1.82, 2.24) is 9.55 Å². The second-order valence-corrected chi connectivity index (χ2v) is 7.35. The van der Waals surface area contributed by atoms with E-state index in [4.69, 9.17) is 9.72 Å². The maximum Gasteiger partial charge on any atom is 0.227 e. The van der Waals surface area contributed by atoms with Crippen molar-refractivity contribution in [1.29, 1.82) is 0 Å². The Morgan fingerprint density at radius 2 is 1.89 bits per heavy atom. The molecule has 0 spiro atoms. The van der Waals surface area contributed by atoms with Crippen molar-refractivity contribution in [3.05, 3.63) is 59.4 Å². The molecule has 140 valence electrons. The third-order valence-electron chi connectivity index (χ3n) is 5.21. The molecule has 1 saturated heterocycles. The van der Waals surface area contributed by atoms with E-state index >= 15 is 0 Å². The van der Waals surface area contributed by atoms with Gasteiger partial charge in [0.2, 0.25) is 5.91 Å². The maximum atomic E-state index is 12.8. The smallest absolute Gasteiger partial charge is 0.227 e. The molecule has 0 bridgehead atoms. The van der Waals surface area contributed by atoms with Gasteiger partial charge in [0.25, 0.3) is 0 Å². The highest BCUT2D eigenvalue weighted by Gasteiger charge is 2.34. The number of aromatic nitrogens is 2. The van der Waals surface area contributed by atoms with Gasteiger partial charge in [-0.05, 0) is 49.2 Å². The first-order valence-corrected chi connectivity index (χ1v) is 9.39. The quantitative estimate of drug-likeness (QED) is 0.692. The van der Waals surface area contributed by atoms with E-state index in [1.807, 2.05) is 23.1 Å². The molecule has 0 unspecified atom stereocenters. The second-order valence-electron chi connectivity index (χ2n) is 7.35. The lowest BCUT2D eigenvalue weighted by atomic mass is 10.1. The van der Waals surface area contributed by atoms with Crippen LogP contribution in [-0.2, 0) is 16.1 Å². The minimum absolute atomic E-state index is 0.0857. The monoisotopic (exact) mass is 363 g/mol. The fraction of sp³-hybridized carbons (Fsp3) is 0.364. The molecular weight excluding hydrogens is 338 g/mol. The zero-order valence-corrected chi connectivity index (χ0v) is 16.1. The number of carbonyl (C=O) groups is 1. The van der Waals surface area contributed by atoms with Crippen LogP contribution in [0.15, 0.2) is 42.5 Å². The SMILES string of the molecule is COCCn1c([C@H]2CC(=O)N(c3cc(C)cc(C)c3)C2)nc2ccccc21. The van der Waals surface area contributed by atoms with Crippen molar-refractivity contribution >= 4 is 22.6 Å². The highest BCUT2D eigenvalue weighted by molar-refractivity contribution is 5.96. The Hall–Kier alpha value is -2.66. The van der Waals surface area contributed by atoms with Crippen molar-refractivity contribution in [2.45, 2.75) is 32.7 Å². The molecule has 1 amide bonds. The molecule has 3 aromatic rings. The first kappa shape index (κ1) is 17.7. The predicted octanol–water partition coefficient (Wildman–Crippen LogP) is 3.82. The number of rotatable bonds is 5. The normalized spacial score (nSPS) is 17.2. The van der Waals surface area contributed by atoms with Crippen molar-refractivity contribution in [3.8, 4) is 0 Å². The molecular formula is C22H25N3O2. The van der Waals surface area contributed by atoms with Crippen molar-refractivity contribution in [2.75, 3.05) is 25.2 Å². The number of aryl methyl sites for hydroxylation is 2. The van der Waals surface area contributed by atoms with Crippen LogP contribution < -0.4 is 4.90 Å². The predicted molar refractivity (Wildman–Crippen MR) is 107 cm³/mol. The number of hydrogen-bond acceptors (Lipinski definition) is 3. The Bertz CT molecular complexity index is 972. The van der Waals surface area contributed by atoms with Gasteiger partial charge in [-0.2, -0.15) is 0 Å². The Labute approximate surface area is 159 Å². The van der Waals surface area contributed by atoms with Crippen LogP contribution in [0.3, 0.4) is 0 Å². The van der Waals surface area contributed by atoms with E-state index in [0.29, 0.717) is 19.6 Å². The molecule has 5 heteroatoms. The van der Waals surface area contributed by atoms with Crippen LogP contribution in [0.25, 0.3) is 11.0 Å². The van der Waals surface area contributed by atoms with Gasteiger partial charge in [0, 0.05) is 38.2 Å². The highest BCUT2D eigenvalue weighted by Crippen LogP contribution is 2.33. The molecule has 0 aliphatic carbocycles. The lowest BCUT2D eigenvalue weighted by molar-refractivity contribution is -0.117. The van der Waals surface area contributed by atoms with Gasteiger partial charge in [-0.25, -0.2) is 4.98 Å². The topological polar surface area (TPSA) is 47.4 Å². The number of nitrogens with zero attached hydrogens (tertiary/aromatic N) is 3. The van der Waals surface area contributed by atoms with Crippen LogP contribution in [0, 0.1) is 13.8 Å². The van der Waals surface area contributed by atoms with E-state index in [1.165, 1.54) is 11.1 Å². The lowest BCUT2D eigenvalue weighted by Gasteiger charge is -2.18. The Morgan fingerprint density at radius 3 is 2.63 bits per heavy atom. The van der Waals surface area contributed by atoms with E-state index < -0.39 is 0 Å². The first-order chi connectivity index (χ1) is 13.1. The number of imidazole rings is 1. The Morgan fingerprint density at radius 1 is 1.15 bits per heavy atom. The van der Waals surface area contributed by atoms with Crippen LogP contribution in [0.4, 0.5) is 5.69 Å². The fourth-order valence-electron chi connectivity index (χ4n) is 4.06. The molecule has 1 aromatic heterocycles. The molecule has 0 N–H and O–H groups in total. The summed E-state index contributed by atoms with van der Waals surface area (Å²) in [5, 5.41) is 0. The van der Waals surface area contributed by atoms with Crippen LogP contribution in [0.1, 0.15) is 29.3 Å². The Balaban J connectivity index is 1.69. The summed E-state index contributed by atoms with van der Waals surface area (Å²) in [5.41, 5.74) is 5.41. The summed E-state index contributed by atoms with van der Waals surface area (Å²) in [6, 6.07) is 14.4. The number of hydrogen-bond donors (Lipinski definition) is 0. The van der Waals surface area contributed by atoms with Gasteiger partial charge in [-0.3, -0.25) is 4.79 Å². The van der Waals surface area contributed by atoms with Crippen LogP contribution in [0.5, 0.6) is 0 Å². The van der Waals surface area contributed by atoms with Gasteiger partial charge >= 0.3 is 0 Å². The molecule has 1 atom stereocenters. The molecule has 0 radical (unpaired) electrons. The number of methoxy groups -OCH3 is 1. The summed E-state index contributed by atoms with van der Waals surface area (Å²) in [5.74, 6) is 1.23. The summed E-state index contributed by atoms with van der Waals surface area (Å²) in [4.78, 5) is 19.6. The number of carbonyl (C=O) groups excluding carboxylic acids is 1. The summed E-state index contributed by atoms with van der Waals surface area (Å²) < 4.78 is 7.50. The number of benzene rings is 2. The highest BCUT2D eigenvalue weighted by atomic mass is 16.5. The van der Waals surface area contributed by atoms with Gasteiger partial charge in [-0.15, -0.1) is 0 Å². The van der Waals surface area contributed by atoms with Gasteiger partial charge in [0.05, 0.1) is 17.6 Å². The summed E-state index contributed by atoms with van der Waals surface area (Å²) in [7, 11) is 1.71. The van der Waals surface area contributed by atoms with E-state index in [2.05, 4.69) is 42.7 Å². The summed E-state index contributed by atoms with van der Waals surface area (Å²) >= 11 is 0. The minimum atomic E-state index is 0.0857. The number of anilines is 1. The number of fused-ring (bicyclic) bond motifs is 1. The van der Waals surface area contributed by atoms with Gasteiger partial charge in [0.15, 0.2) is 0 Å². The zero-order valence-electron chi connectivity index (χ0n) is 16.1. The standard InChI is InChI=1S/C22H25N3O2/c1-15-10-16(2)12-18(11-15)25-14-17(13-21(25)26)22-23-19-6-4-5-7-20(19)24(22)8-9-27-3/h4-7,10-12,17H,8-9,13-14H2,1-3H3/t17-/m0/s1. The van der Waals surface area contributed by atoms with Crippen molar-refractivity contribution in [3.63, 3.8) is 0 Å². The molecule has 1 aliphatic heterocycles. The molecule has 5 nitrogen and oxygen atoms in total. The van der Waals surface area contributed by atoms with Crippen LogP contribution >= 0.6 is 0 Å². The first-order valence-electron chi connectivity index (χ1n) is 9.39. The van der Waals surface area contributed by atoms with Crippen molar-refractivity contribution < 1.29 is 9.53 Å². The Kier molecular flexibility index (Phi) is 4.70. The summed E-state index contributed by atoms with van der Waals surface area (Å²) in [6.45, 7) is 6.16. The molecule has 27 heavy (non-hydrogen) atoms. The van der Waals surface area contributed by atoms with Crippen molar-refractivity contribution in [2.24, 2.45) is 0 Å². The van der Waals surface area contributed by atoms with E-state index in [1.54, 1.807) is 7.11 Å². The fourth-order valence-corrected chi connectivity index (χ4v) is 4.06. The average Bonchev–Trinajstić information content (AvgIpc) is 3.19. The summed E-state index contributed by atoms with van der Waals surface area (Å²) in [6.07, 6.45) is 0.489. The number of ether oxygens (including phenoxy) is 1.